The van der Waals surface area contributed by atoms with Gasteiger partial charge in [-0.1, -0.05) is 34.8 Å². The van der Waals surface area contributed by atoms with E-state index < -0.39 is 10.0 Å². The summed E-state index contributed by atoms with van der Waals surface area (Å²) in [7, 11) is -3.72. The number of piperidine rings is 1. The Bertz CT molecular complexity index is 603. The Labute approximate surface area is 140 Å². The highest BCUT2D eigenvalue weighted by molar-refractivity contribution is 7.89. The molecule has 0 spiro atoms. The Morgan fingerprint density at radius 3 is 2.10 bits per heavy atom. The lowest BCUT2D eigenvalue weighted by Crippen LogP contribution is -2.42. The van der Waals surface area contributed by atoms with Gasteiger partial charge in [0.15, 0.2) is 0 Å². The number of benzene rings is 1. The highest BCUT2D eigenvalue weighted by Crippen LogP contribution is 2.36. The summed E-state index contributed by atoms with van der Waals surface area (Å²) in [6.07, 6.45) is 1.47. The maximum Gasteiger partial charge on any atom is 0.246 e. The second kappa shape index (κ2) is 6.60. The molecule has 1 aliphatic heterocycles. The van der Waals surface area contributed by atoms with Crippen LogP contribution in [0.5, 0.6) is 0 Å². The van der Waals surface area contributed by atoms with Crippen LogP contribution in [0.4, 0.5) is 0 Å². The third-order valence-corrected chi connectivity index (χ3v) is 6.84. The van der Waals surface area contributed by atoms with E-state index in [0.29, 0.717) is 24.0 Å². The summed E-state index contributed by atoms with van der Waals surface area (Å²) < 4.78 is 26.8. The third-order valence-electron chi connectivity index (χ3n) is 3.80. The summed E-state index contributed by atoms with van der Waals surface area (Å²) >= 11 is 17.9. The van der Waals surface area contributed by atoms with E-state index in [-0.39, 0.29) is 21.0 Å². The quantitative estimate of drug-likeness (QED) is 0.885. The van der Waals surface area contributed by atoms with Crippen molar-refractivity contribution in [1.29, 1.82) is 0 Å². The lowest BCUT2D eigenvalue weighted by molar-refractivity contribution is 0.251. The van der Waals surface area contributed by atoms with Gasteiger partial charge in [0, 0.05) is 24.2 Å². The molecule has 1 aliphatic rings. The van der Waals surface area contributed by atoms with Crippen LogP contribution in [0, 0.1) is 5.92 Å². The number of nitrogens with two attached hydrogens (primary N) is 1. The van der Waals surface area contributed by atoms with E-state index in [1.165, 1.54) is 16.4 Å². The molecule has 1 atom stereocenters. The van der Waals surface area contributed by atoms with Crippen LogP contribution in [-0.2, 0) is 10.0 Å². The number of rotatable bonds is 3. The second-order valence-corrected chi connectivity index (χ2v) is 8.42. The molecule has 1 saturated heterocycles. The maximum atomic E-state index is 12.7. The average molecular weight is 372 g/mol. The van der Waals surface area contributed by atoms with E-state index in [9.17, 15) is 8.42 Å². The van der Waals surface area contributed by atoms with Gasteiger partial charge in [0.05, 0.1) is 10.0 Å². The number of halogens is 3. The van der Waals surface area contributed by atoms with Crippen molar-refractivity contribution in [2.24, 2.45) is 11.7 Å². The number of sulfonamides is 1. The fraction of sp³-hybridized carbons (Fsp3) is 0.538. The molecule has 0 saturated carbocycles. The van der Waals surface area contributed by atoms with Crippen molar-refractivity contribution in [3.05, 3.63) is 27.2 Å². The first-order chi connectivity index (χ1) is 9.73. The van der Waals surface area contributed by atoms with Crippen LogP contribution >= 0.6 is 34.8 Å². The molecule has 1 aromatic carbocycles. The van der Waals surface area contributed by atoms with Crippen molar-refractivity contribution < 1.29 is 8.42 Å². The summed E-state index contributed by atoms with van der Waals surface area (Å²) in [5.41, 5.74) is 5.87. The molecular formula is C13H17Cl3N2O2S. The minimum absolute atomic E-state index is 0.0433. The molecule has 0 aliphatic carbocycles. The molecular weight excluding hydrogens is 355 g/mol. The second-order valence-electron chi connectivity index (χ2n) is 5.30. The Hall–Kier alpha value is -0.0400. The maximum absolute atomic E-state index is 12.7. The van der Waals surface area contributed by atoms with Gasteiger partial charge in [-0.15, -0.1) is 0 Å². The predicted molar refractivity (Wildman–Crippen MR) is 86.6 cm³/mol. The summed E-state index contributed by atoms with van der Waals surface area (Å²) in [6.45, 7) is 2.79. The standard InChI is InChI=1S/C13H17Cl3N2O2S/c1-8(17)9-2-4-18(5-3-9)21(19,20)13-11(15)6-10(14)7-12(13)16/h6-9H,2-5,17H2,1H3. The minimum Gasteiger partial charge on any atom is -0.328 e. The largest absolute Gasteiger partial charge is 0.328 e. The zero-order valence-corrected chi connectivity index (χ0v) is 14.6. The van der Waals surface area contributed by atoms with Crippen molar-refractivity contribution in [2.75, 3.05) is 13.1 Å². The summed E-state index contributed by atoms with van der Waals surface area (Å²) in [5.74, 6) is 0.340. The van der Waals surface area contributed by atoms with Crippen molar-refractivity contribution in [3.8, 4) is 0 Å². The summed E-state index contributed by atoms with van der Waals surface area (Å²) in [5, 5.41) is 0.392. The Balaban J connectivity index is 2.28. The van der Waals surface area contributed by atoms with E-state index in [1.54, 1.807) is 0 Å². The molecule has 2 N–H and O–H groups in total. The number of hydrogen-bond donors (Lipinski definition) is 1. The van der Waals surface area contributed by atoms with Gasteiger partial charge < -0.3 is 5.73 Å². The summed E-state index contributed by atoms with van der Waals surface area (Å²) in [4.78, 5) is -0.0746. The van der Waals surface area contributed by atoms with Crippen LogP contribution in [0.3, 0.4) is 0 Å². The molecule has 0 aromatic heterocycles. The zero-order chi connectivity index (χ0) is 15.8. The van der Waals surface area contributed by atoms with Gasteiger partial charge in [-0.25, -0.2) is 8.42 Å². The normalized spacial score (nSPS) is 19.7. The van der Waals surface area contributed by atoms with Gasteiger partial charge in [0.1, 0.15) is 4.90 Å². The lowest BCUT2D eigenvalue weighted by atomic mass is 9.92. The third kappa shape index (κ3) is 3.66. The molecule has 21 heavy (non-hydrogen) atoms. The lowest BCUT2D eigenvalue weighted by Gasteiger charge is -2.33. The van der Waals surface area contributed by atoms with Gasteiger partial charge in [0.25, 0.3) is 0 Å². The molecule has 118 valence electrons. The molecule has 0 bridgehead atoms. The van der Waals surface area contributed by atoms with Gasteiger partial charge in [0.2, 0.25) is 10.0 Å². The highest BCUT2D eigenvalue weighted by atomic mass is 35.5. The van der Waals surface area contributed by atoms with Gasteiger partial charge in [-0.2, -0.15) is 4.31 Å². The predicted octanol–water partition coefficient (Wildman–Crippen LogP) is 3.39. The van der Waals surface area contributed by atoms with E-state index in [1.807, 2.05) is 6.92 Å². The first kappa shape index (κ1) is 17.3. The van der Waals surface area contributed by atoms with Crippen LogP contribution in [-0.4, -0.2) is 31.9 Å². The van der Waals surface area contributed by atoms with E-state index in [2.05, 4.69) is 0 Å². The van der Waals surface area contributed by atoms with Gasteiger partial charge in [-0.05, 0) is 37.8 Å². The van der Waals surface area contributed by atoms with Crippen LogP contribution in [0.15, 0.2) is 17.0 Å². The number of nitrogens with zero attached hydrogens (tertiary/aromatic N) is 1. The van der Waals surface area contributed by atoms with E-state index >= 15 is 0 Å². The fourth-order valence-corrected chi connectivity index (χ4v) is 5.51. The first-order valence-corrected chi connectivity index (χ1v) is 9.21. The van der Waals surface area contributed by atoms with Crippen molar-refractivity contribution in [3.63, 3.8) is 0 Å². The summed E-state index contributed by atoms with van der Waals surface area (Å²) in [6, 6.07) is 2.84. The molecule has 2 rings (SSSR count). The molecule has 1 unspecified atom stereocenters. The van der Waals surface area contributed by atoms with Crippen molar-refractivity contribution in [1.82, 2.24) is 4.31 Å². The molecule has 1 aromatic rings. The minimum atomic E-state index is -3.72. The zero-order valence-electron chi connectivity index (χ0n) is 11.5. The first-order valence-electron chi connectivity index (χ1n) is 6.63. The van der Waals surface area contributed by atoms with Crippen LogP contribution in [0.25, 0.3) is 0 Å². The van der Waals surface area contributed by atoms with Crippen LogP contribution < -0.4 is 5.73 Å². The molecule has 8 heteroatoms. The van der Waals surface area contributed by atoms with Crippen LogP contribution in [0.2, 0.25) is 15.1 Å². The smallest absolute Gasteiger partial charge is 0.246 e. The molecule has 1 heterocycles. The van der Waals surface area contributed by atoms with E-state index in [0.717, 1.165) is 12.8 Å². The monoisotopic (exact) mass is 370 g/mol. The molecule has 0 amide bonds. The number of hydrogen-bond acceptors (Lipinski definition) is 3. The highest BCUT2D eigenvalue weighted by Gasteiger charge is 2.33. The van der Waals surface area contributed by atoms with Crippen LogP contribution in [0.1, 0.15) is 19.8 Å². The van der Waals surface area contributed by atoms with Crippen molar-refractivity contribution >= 4 is 44.8 Å². The van der Waals surface area contributed by atoms with E-state index in [4.69, 9.17) is 40.5 Å². The molecule has 4 nitrogen and oxygen atoms in total. The molecule has 1 fully saturated rings. The van der Waals surface area contributed by atoms with Gasteiger partial charge in [-0.3, -0.25) is 0 Å². The SMILES string of the molecule is CC(N)C1CCN(S(=O)(=O)c2c(Cl)cc(Cl)cc2Cl)CC1. The van der Waals surface area contributed by atoms with Crippen molar-refractivity contribution in [2.45, 2.75) is 30.7 Å². The average Bonchev–Trinajstić information content (AvgIpc) is 2.37. The Kier molecular flexibility index (Phi) is 5.45. The fourth-order valence-electron chi connectivity index (χ4n) is 2.55. The topological polar surface area (TPSA) is 63.4 Å². The molecule has 0 radical (unpaired) electrons. The Morgan fingerprint density at radius 1 is 1.19 bits per heavy atom. The Morgan fingerprint density at radius 2 is 1.67 bits per heavy atom. The van der Waals surface area contributed by atoms with Gasteiger partial charge >= 0.3 is 0 Å².